The van der Waals surface area contributed by atoms with Crippen LogP contribution in [0.2, 0.25) is 0 Å². The summed E-state index contributed by atoms with van der Waals surface area (Å²) in [5.74, 6) is -1.23. The highest BCUT2D eigenvalue weighted by Crippen LogP contribution is 2.24. The topological polar surface area (TPSA) is 105 Å². The number of carboxylic acids is 1. The Morgan fingerprint density at radius 2 is 2.32 bits per heavy atom. The van der Waals surface area contributed by atoms with E-state index in [1.165, 1.54) is 11.3 Å². The van der Waals surface area contributed by atoms with Crippen LogP contribution in [0, 0.1) is 5.92 Å². The number of aliphatic carboxylic acids is 1. The van der Waals surface area contributed by atoms with Crippen molar-refractivity contribution in [1.29, 1.82) is 0 Å². The minimum Gasteiger partial charge on any atom is -0.481 e. The van der Waals surface area contributed by atoms with Gasteiger partial charge < -0.3 is 16.2 Å². The Kier molecular flexibility index (Phi) is 4.36. The van der Waals surface area contributed by atoms with Gasteiger partial charge in [0.25, 0.3) is 0 Å². The average Bonchev–Trinajstić information content (AvgIpc) is 2.74. The lowest BCUT2D eigenvalue weighted by molar-refractivity contribution is -0.143. The third-order valence-electron chi connectivity index (χ3n) is 3.30. The van der Waals surface area contributed by atoms with Crippen molar-refractivity contribution in [2.75, 3.05) is 5.73 Å². The fraction of sp³-hybridized carbons (Fsp3) is 0.583. The second-order valence-corrected chi connectivity index (χ2v) is 5.71. The second-order valence-electron chi connectivity index (χ2n) is 4.82. The number of nitrogens with one attached hydrogen (secondary N) is 1. The van der Waals surface area contributed by atoms with Crippen LogP contribution in [-0.4, -0.2) is 28.0 Å². The first kappa shape index (κ1) is 13.8. The molecule has 1 heterocycles. The van der Waals surface area contributed by atoms with Gasteiger partial charge in [0.2, 0.25) is 5.91 Å². The minimum atomic E-state index is -0.772. The van der Waals surface area contributed by atoms with E-state index in [9.17, 15) is 9.59 Å². The molecule has 1 aliphatic rings. The van der Waals surface area contributed by atoms with E-state index < -0.39 is 5.97 Å². The van der Waals surface area contributed by atoms with Crippen molar-refractivity contribution >= 4 is 28.3 Å². The van der Waals surface area contributed by atoms with Gasteiger partial charge in [-0.1, -0.05) is 6.42 Å². The first-order valence-electron chi connectivity index (χ1n) is 6.26. The lowest BCUT2D eigenvalue weighted by Gasteiger charge is -2.27. The van der Waals surface area contributed by atoms with Crippen LogP contribution in [0.1, 0.15) is 31.4 Å². The van der Waals surface area contributed by atoms with Crippen LogP contribution >= 0.6 is 11.3 Å². The Morgan fingerprint density at radius 1 is 1.53 bits per heavy atom. The second kappa shape index (κ2) is 6.01. The van der Waals surface area contributed by atoms with E-state index in [1.807, 2.05) is 0 Å². The van der Waals surface area contributed by atoms with Gasteiger partial charge in [-0.3, -0.25) is 9.59 Å². The van der Waals surface area contributed by atoms with Gasteiger partial charge in [-0.2, -0.15) is 0 Å². The van der Waals surface area contributed by atoms with Crippen LogP contribution in [-0.2, 0) is 16.0 Å². The highest BCUT2D eigenvalue weighted by atomic mass is 32.1. The molecule has 19 heavy (non-hydrogen) atoms. The Hall–Kier alpha value is -1.63. The number of thiazole rings is 1. The molecule has 0 saturated heterocycles. The smallest absolute Gasteiger partial charge is 0.306 e. The number of nitrogen functional groups attached to an aromatic ring is 1. The van der Waals surface area contributed by atoms with E-state index in [0.717, 1.165) is 12.8 Å². The number of nitrogens with zero attached hydrogens (tertiary/aromatic N) is 1. The molecule has 4 N–H and O–H groups in total. The van der Waals surface area contributed by atoms with Crippen molar-refractivity contribution in [2.45, 2.75) is 38.1 Å². The fourth-order valence-corrected chi connectivity index (χ4v) is 2.95. The van der Waals surface area contributed by atoms with Crippen molar-refractivity contribution in [3.63, 3.8) is 0 Å². The summed E-state index contributed by atoms with van der Waals surface area (Å²) < 4.78 is 0. The highest BCUT2D eigenvalue weighted by molar-refractivity contribution is 7.13. The molecule has 2 unspecified atom stereocenters. The Morgan fingerprint density at radius 3 is 2.95 bits per heavy atom. The predicted octanol–water partition coefficient (Wildman–Crippen LogP) is 1.03. The molecule has 0 spiro atoms. The molecule has 1 aromatic heterocycles. The van der Waals surface area contributed by atoms with Gasteiger partial charge in [-0.15, -0.1) is 11.3 Å². The van der Waals surface area contributed by atoms with E-state index in [4.69, 9.17) is 10.8 Å². The number of nitrogens with two attached hydrogens (primary N) is 1. The number of hydrogen-bond acceptors (Lipinski definition) is 5. The largest absolute Gasteiger partial charge is 0.481 e. The number of carbonyl (C=O) groups is 2. The van der Waals surface area contributed by atoms with Crippen LogP contribution in [0.5, 0.6) is 0 Å². The number of carboxylic acid groups (broad SMARTS) is 1. The maximum absolute atomic E-state index is 11.8. The lowest BCUT2D eigenvalue weighted by atomic mass is 9.86. The van der Waals surface area contributed by atoms with Gasteiger partial charge in [-0.05, 0) is 19.3 Å². The quantitative estimate of drug-likeness (QED) is 0.765. The molecule has 2 rings (SSSR count). The molecular formula is C12H17N3O3S. The molecule has 6 nitrogen and oxygen atoms in total. The molecular weight excluding hydrogens is 266 g/mol. The molecule has 1 saturated carbocycles. The molecule has 1 aliphatic carbocycles. The summed E-state index contributed by atoms with van der Waals surface area (Å²) >= 11 is 1.31. The first-order valence-corrected chi connectivity index (χ1v) is 7.14. The molecule has 104 valence electrons. The number of anilines is 1. The molecule has 0 aliphatic heterocycles. The maximum atomic E-state index is 11.8. The van der Waals surface area contributed by atoms with Gasteiger partial charge in [0.05, 0.1) is 18.0 Å². The van der Waals surface area contributed by atoms with E-state index in [0.29, 0.717) is 23.7 Å². The van der Waals surface area contributed by atoms with Crippen LogP contribution in [0.4, 0.5) is 5.13 Å². The molecule has 0 radical (unpaired) electrons. The molecule has 7 heteroatoms. The summed E-state index contributed by atoms with van der Waals surface area (Å²) in [6.45, 7) is 0. The summed E-state index contributed by atoms with van der Waals surface area (Å²) in [7, 11) is 0. The van der Waals surface area contributed by atoms with Crippen molar-refractivity contribution in [3.05, 3.63) is 11.1 Å². The summed E-state index contributed by atoms with van der Waals surface area (Å²) in [6.07, 6.45) is 3.09. The van der Waals surface area contributed by atoms with Crippen LogP contribution < -0.4 is 11.1 Å². The normalized spacial score (nSPS) is 22.9. The van der Waals surface area contributed by atoms with Crippen molar-refractivity contribution < 1.29 is 14.7 Å². The van der Waals surface area contributed by atoms with Crippen LogP contribution in [0.3, 0.4) is 0 Å². The number of aromatic nitrogens is 1. The fourth-order valence-electron chi connectivity index (χ4n) is 2.39. The molecule has 1 amide bonds. The van der Waals surface area contributed by atoms with Crippen LogP contribution in [0.25, 0.3) is 0 Å². The molecule has 0 aromatic carbocycles. The average molecular weight is 283 g/mol. The SMILES string of the molecule is Nc1nc(CC(=O)NC2CCCC(C(=O)O)C2)cs1. The zero-order valence-electron chi connectivity index (χ0n) is 10.5. The zero-order valence-corrected chi connectivity index (χ0v) is 11.3. The Bertz CT molecular complexity index is 475. The van der Waals surface area contributed by atoms with Gasteiger partial charge in [0.1, 0.15) is 0 Å². The van der Waals surface area contributed by atoms with E-state index >= 15 is 0 Å². The molecule has 0 bridgehead atoms. The van der Waals surface area contributed by atoms with Gasteiger partial charge in [-0.25, -0.2) is 4.98 Å². The third kappa shape index (κ3) is 3.92. The summed E-state index contributed by atoms with van der Waals surface area (Å²) in [5.41, 5.74) is 6.16. The minimum absolute atomic E-state index is 0.0432. The van der Waals surface area contributed by atoms with Gasteiger partial charge in [0, 0.05) is 11.4 Å². The third-order valence-corrected chi connectivity index (χ3v) is 4.02. The van der Waals surface area contributed by atoms with E-state index in [2.05, 4.69) is 10.3 Å². The number of amides is 1. The number of carbonyl (C=O) groups excluding carboxylic acids is 1. The number of hydrogen-bond donors (Lipinski definition) is 3. The molecule has 2 atom stereocenters. The maximum Gasteiger partial charge on any atom is 0.306 e. The predicted molar refractivity (Wildman–Crippen MR) is 71.8 cm³/mol. The summed E-state index contributed by atoms with van der Waals surface area (Å²) in [6, 6.07) is -0.0432. The Labute approximate surface area is 115 Å². The van der Waals surface area contributed by atoms with E-state index in [1.54, 1.807) is 5.38 Å². The number of rotatable bonds is 4. The lowest BCUT2D eigenvalue weighted by Crippen LogP contribution is -2.40. The van der Waals surface area contributed by atoms with Crippen molar-refractivity contribution in [1.82, 2.24) is 10.3 Å². The first-order chi connectivity index (χ1) is 9.04. The standard InChI is InChI=1S/C12H17N3O3S/c13-12-15-9(6-19-12)5-10(16)14-8-3-1-2-7(4-8)11(17)18/h6-8H,1-5H2,(H2,13,15)(H,14,16)(H,17,18). The van der Waals surface area contributed by atoms with Crippen LogP contribution in [0.15, 0.2) is 5.38 Å². The highest BCUT2D eigenvalue weighted by Gasteiger charge is 2.27. The van der Waals surface area contributed by atoms with Gasteiger partial charge in [0.15, 0.2) is 5.13 Å². The summed E-state index contributed by atoms with van der Waals surface area (Å²) in [4.78, 5) is 26.8. The molecule has 1 aromatic rings. The van der Waals surface area contributed by atoms with Crippen molar-refractivity contribution in [3.8, 4) is 0 Å². The molecule has 1 fully saturated rings. The van der Waals surface area contributed by atoms with E-state index in [-0.39, 0.29) is 24.3 Å². The van der Waals surface area contributed by atoms with Gasteiger partial charge >= 0.3 is 5.97 Å². The zero-order chi connectivity index (χ0) is 13.8. The van der Waals surface area contributed by atoms with Crippen molar-refractivity contribution in [2.24, 2.45) is 5.92 Å². The Balaban J connectivity index is 1.83. The summed E-state index contributed by atoms with van der Waals surface area (Å²) in [5, 5.41) is 14.1. The monoisotopic (exact) mass is 283 g/mol.